The van der Waals surface area contributed by atoms with Crippen molar-refractivity contribution < 1.29 is 22.0 Å². The van der Waals surface area contributed by atoms with Gasteiger partial charge in [-0.15, -0.1) is 0 Å². The standard InChI is InChI=1S/C19H20F2N2O3S/c1-13-3-4-15(11-14(13)2)19(24)22-7-9-23(10-8-22)27(25,26)18-6-5-16(20)12-17(18)21/h3-6,11-12H,7-10H2,1-2H3. The molecule has 1 amide bonds. The van der Waals surface area contributed by atoms with E-state index in [-0.39, 0.29) is 32.1 Å². The van der Waals surface area contributed by atoms with Crippen LogP contribution in [0.1, 0.15) is 21.5 Å². The number of hydrogen-bond acceptors (Lipinski definition) is 3. The first-order chi connectivity index (χ1) is 12.7. The van der Waals surface area contributed by atoms with E-state index in [1.165, 1.54) is 0 Å². The van der Waals surface area contributed by atoms with Crippen molar-refractivity contribution in [3.8, 4) is 0 Å². The summed E-state index contributed by atoms with van der Waals surface area (Å²) >= 11 is 0. The van der Waals surface area contributed by atoms with E-state index in [1.54, 1.807) is 11.0 Å². The molecular formula is C19H20F2N2O3S. The van der Waals surface area contributed by atoms with Crippen molar-refractivity contribution in [2.75, 3.05) is 26.2 Å². The van der Waals surface area contributed by atoms with Crippen LogP contribution in [-0.4, -0.2) is 49.7 Å². The number of halogens is 2. The number of rotatable bonds is 3. The Morgan fingerprint density at radius 1 is 0.926 bits per heavy atom. The first kappa shape index (κ1) is 19.4. The number of carbonyl (C=O) groups is 1. The normalized spacial score (nSPS) is 15.8. The van der Waals surface area contributed by atoms with Crippen LogP contribution in [0, 0.1) is 25.5 Å². The molecule has 1 aliphatic heterocycles. The third-order valence-corrected chi connectivity index (χ3v) is 6.72. The van der Waals surface area contributed by atoms with Crippen LogP contribution < -0.4 is 0 Å². The molecule has 1 saturated heterocycles. The number of hydrogen-bond donors (Lipinski definition) is 0. The van der Waals surface area contributed by atoms with Crippen LogP contribution >= 0.6 is 0 Å². The molecule has 144 valence electrons. The summed E-state index contributed by atoms with van der Waals surface area (Å²) in [5, 5.41) is 0. The zero-order valence-electron chi connectivity index (χ0n) is 15.1. The Labute approximate surface area is 157 Å². The first-order valence-electron chi connectivity index (χ1n) is 8.52. The zero-order valence-corrected chi connectivity index (χ0v) is 15.9. The lowest BCUT2D eigenvalue weighted by Crippen LogP contribution is -2.50. The van der Waals surface area contributed by atoms with Gasteiger partial charge in [0.25, 0.3) is 5.91 Å². The Bertz CT molecular complexity index is 984. The molecule has 0 saturated carbocycles. The molecule has 1 fully saturated rings. The van der Waals surface area contributed by atoms with Crippen molar-refractivity contribution >= 4 is 15.9 Å². The molecule has 1 aliphatic rings. The molecule has 0 spiro atoms. The van der Waals surface area contributed by atoms with Crippen LogP contribution in [0.2, 0.25) is 0 Å². The fourth-order valence-corrected chi connectivity index (χ4v) is 4.48. The van der Waals surface area contributed by atoms with E-state index >= 15 is 0 Å². The summed E-state index contributed by atoms with van der Waals surface area (Å²) in [5.74, 6) is -2.12. The van der Waals surface area contributed by atoms with Gasteiger partial charge in [0.2, 0.25) is 10.0 Å². The van der Waals surface area contributed by atoms with Crippen LogP contribution in [0.3, 0.4) is 0 Å². The van der Waals surface area contributed by atoms with E-state index in [4.69, 9.17) is 0 Å². The van der Waals surface area contributed by atoms with Crippen molar-refractivity contribution in [3.63, 3.8) is 0 Å². The van der Waals surface area contributed by atoms with Crippen LogP contribution in [0.25, 0.3) is 0 Å². The topological polar surface area (TPSA) is 57.7 Å². The minimum atomic E-state index is -4.08. The smallest absolute Gasteiger partial charge is 0.253 e. The Kier molecular flexibility index (Phi) is 5.30. The molecule has 27 heavy (non-hydrogen) atoms. The Hall–Kier alpha value is -2.32. The number of amides is 1. The molecule has 0 aliphatic carbocycles. The molecule has 0 radical (unpaired) electrons. The van der Waals surface area contributed by atoms with E-state index in [2.05, 4.69) is 0 Å². The predicted octanol–water partition coefficient (Wildman–Crippen LogP) is 2.73. The summed E-state index contributed by atoms with van der Waals surface area (Å²) in [4.78, 5) is 13.7. The van der Waals surface area contributed by atoms with Crippen molar-refractivity contribution in [2.45, 2.75) is 18.7 Å². The second-order valence-corrected chi connectivity index (χ2v) is 8.48. The van der Waals surface area contributed by atoms with E-state index < -0.39 is 26.6 Å². The third-order valence-electron chi connectivity index (χ3n) is 4.79. The maximum absolute atomic E-state index is 13.9. The number of aryl methyl sites for hydroxylation is 2. The average molecular weight is 394 g/mol. The van der Waals surface area contributed by atoms with Crippen LogP contribution in [0.4, 0.5) is 8.78 Å². The molecule has 2 aromatic rings. The highest BCUT2D eigenvalue weighted by molar-refractivity contribution is 7.89. The molecule has 0 unspecified atom stereocenters. The number of piperazine rings is 1. The summed E-state index contributed by atoms with van der Waals surface area (Å²) in [7, 11) is -4.08. The summed E-state index contributed by atoms with van der Waals surface area (Å²) in [6, 6.07) is 7.82. The lowest BCUT2D eigenvalue weighted by atomic mass is 10.1. The molecule has 5 nitrogen and oxygen atoms in total. The van der Waals surface area contributed by atoms with Crippen molar-refractivity contribution in [3.05, 3.63) is 64.7 Å². The van der Waals surface area contributed by atoms with Gasteiger partial charge in [0.05, 0.1) is 0 Å². The van der Waals surface area contributed by atoms with Gasteiger partial charge in [0.15, 0.2) is 0 Å². The molecule has 3 rings (SSSR count). The van der Waals surface area contributed by atoms with E-state index in [9.17, 15) is 22.0 Å². The summed E-state index contributed by atoms with van der Waals surface area (Å²) in [6.07, 6.45) is 0. The average Bonchev–Trinajstić information content (AvgIpc) is 2.63. The van der Waals surface area contributed by atoms with Gasteiger partial charge in [-0.05, 0) is 49.2 Å². The maximum atomic E-state index is 13.9. The number of benzene rings is 2. The van der Waals surface area contributed by atoms with Crippen molar-refractivity contribution in [2.24, 2.45) is 0 Å². The SMILES string of the molecule is Cc1ccc(C(=O)N2CCN(S(=O)(=O)c3ccc(F)cc3F)CC2)cc1C. The van der Waals surface area contributed by atoms with E-state index in [1.807, 2.05) is 26.0 Å². The van der Waals surface area contributed by atoms with Gasteiger partial charge >= 0.3 is 0 Å². The van der Waals surface area contributed by atoms with E-state index in [0.29, 0.717) is 11.6 Å². The number of sulfonamides is 1. The fraction of sp³-hybridized carbons (Fsp3) is 0.316. The van der Waals surface area contributed by atoms with Gasteiger partial charge in [-0.3, -0.25) is 4.79 Å². The van der Waals surface area contributed by atoms with Gasteiger partial charge in [-0.1, -0.05) is 6.07 Å². The van der Waals surface area contributed by atoms with Gasteiger partial charge in [-0.25, -0.2) is 17.2 Å². The molecule has 2 aromatic carbocycles. The summed E-state index contributed by atoms with van der Waals surface area (Å²) in [5.41, 5.74) is 2.65. The molecule has 0 aromatic heterocycles. The largest absolute Gasteiger partial charge is 0.336 e. The fourth-order valence-electron chi connectivity index (χ4n) is 3.01. The van der Waals surface area contributed by atoms with Gasteiger partial charge in [-0.2, -0.15) is 4.31 Å². The quantitative estimate of drug-likeness (QED) is 0.804. The lowest BCUT2D eigenvalue weighted by Gasteiger charge is -2.34. The van der Waals surface area contributed by atoms with Crippen LogP contribution in [0.5, 0.6) is 0 Å². The number of nitrogens with zero attached hydrogens (tertiary/aromatic N) is 2. The van der Waals surface area contributed by atoms with Crippen LogP contribution in [0.15, 0.2) is 41.3 Å². The third kappa shape index (κ3) is 3.86. The van der Waals surface area contributed by atoms with Gasteiger partial charge in [0.1, 0.15) is 16.5 Å². The van der Waals surface area contributed by atoms with Gasteiger partial charge < -0.3 is 4.90 Å². The molecule has 0 bridgehead atoms. The second kappa shape index (κ2) is 7.36. The van der Waals surface area contributed by atoms with Crippen molar-refractivity contribution in [1.29, 1.82) is 0 Å². The molecule has 8 heteroatoms. The molecule has 1 heterocycles. The zero-order chi connectivity index (χ0) is 19.8. The monoisotopic (exact) mass is 394 g/mol. The minimum Gasteiger partial charge on any atom is -0.336 e. The summed E-state index contributed by atoms with van der Waals surface area (Å²) < 4.78 is 53.3. The van der Waals surface area contributed by atoms with Crippen molar-refractivity contribution in [1.82, 2.24) is 9.21 Å². The van der Waals surface area contributed by atoms with E-state index in [0.717, 1.165) is 27.6 Å². The minimum absolute atomic E-state index is 0.0513. The predicted molar refractivity (Wildman–Crippen MR) is 96.9 cm³/mol. The Balaban J connectivity index is 1.72. The maximum Gasteiger partial charge on any atom is 0.253 e. The molecule has 0 N–H and O–H groups in total. The van der Waals surface area contributed by atoms with Crippen LogP contribution in [-0.2, 0) is 10.0 Å². The molecule has 0 atom stereocenters. The first-order valence-corrected chi connectivity index (χ1v) is 9.96. The Morgan fingerprint density at radius 2 is 1.59 bits per heavy atom. The number of carbonyl (C=O) groups excluding carboxylic acids is 1. The highest BCUT2D eigenvalue weighted by atomic mass is 32.2. The second-order valence-electron chi connectivity index (χ2n) is 6.57. The Morgan fingerprint density at radius 3 is 2.19 bits per heavy atom. The van der Waals surface area contributed by atoms with Gasteiger partial charge in [0, 0.05) is 37.8 Å². The summed E-state index contributed by atoms with van der Waals surface area (Å²) in [6.45, 7) is 4.39. The lowest BCUT2D eigenvalue weighted by molar-refractivity contribution is 0.0697. The highest BCUT2D eigenvalue weighted by Gasteiger charge is 2.32. The highest BCUT2D eigenvalue weighted by Crippen LogP contribution is 2.22. The molecular weight excluding hydrogens is 374 g/mol.